The second-order valence-corrected chi connectivity index (χ2v) is 7.08. The third-order valence-corrected chi connectivity index (χ3v) is 5.16. The van der Waals surface area contributed by atoms with Gasteiger partial charge in [0.05, 0.1) is 15.4 Å². The van der Waals surface area contributed by atoms with Gasteiger partial charge in [-0.05, 0) is 47.6 Å². The van der Waals surface area contributed by atoms with Crippen molar-refractivity contribution < 1.29 is 14.1 Å². The number of nitro groups is 1. The maximum absolute atomic E-state index is 13.4. The van der Waals surface area contributed by atoms with Crippen molar-refractivity contribution in [3.05, 3.63) is 63.0 Å². The van der Waals surface area contributed by atoms with Crippen LogP contribution in [0.5, 0.6) is 0 Å². The minimum atomic E-state index is -0.500. The van der Waals surface area contributed by atoms with Crippen LogP contribution in [0.15, 0.2) is 35.2 Å². The normalized spacial score (nSPS) is 13.4. The Morgan fingerprint density at radius 2 is 2.12 bits per heavy atom. The van der Waals surface area contributed by atoms with E-state index in [2.05, 4.69) is 4.90 Å². The molecule has 0 aliphatic carbocycles. The van der Waals surface area contributed by atoms with Gasteiger partial charge < -0.3 is 4.90 Å². The van der Waals surface area contributed by atoms with E-state index >= 15 is 0 Å². The molecule has 1 aliphatic rings. The number of hydrogen-bond acceptors (Lipinski definition) is 5. The number of rotatable bonds is 5. The van der Waals surface area contributed by atoms with Gasteiger partial charge in [-0.1, -0.05) is 13.0 Å². The third kappa shape index (κ3) is 3.51. The van der Waals surface area contributed by atoms with E-state index in [9.17, 15) is 19.3 Å². The van der Waals surface area contributed by atoms with Crippen LogP contribution in [-0.4, -0.2) is 23.5 Å². The SMILES string of the molecule is CCSc1cc(N2CCc3cc(F)ccc3C2)cc(C=O)c1[N+](=O)[O-]. The van der Waals surface area contributed by atoms with Gasteiger partial charge in [0.25, 0.3) is 5.69 Å². The van der Waals surface area contributed by atoms with Crippen molar-refractivity contribution in [3.8, 4) is 0 Å². The third-order valence-electron chi connectivity index (χ3n) is 4.24. The summed E-state index contributed by atoms with van der Waals surface area (Å²) in [7, 11) is 0. The van der Waals surface area contributed by atoms with Crippen molar-refractivity contribution in [1.29, 1.82) is 0 Å². The molecule has 1 aliphatic heterocycles. The van der Waals surface area contributed by atoms with Crippen LogP contribution >= 0.6 is 11.8 Å². The highest BCUT2D eigenvalue weighted by atomic mass is 32.2. The van der Waals surface area contributed by atoms with Crippen molar-refractivity contribution in [1.82, 2.24) is 0 Å². The predicted octanol–water partition coefficient (Wildman–Crippen LogP) is 4.22. The summed E-state index contributed by atoms with van der Waals surface area (Å²) < 4.78 is 13.4. The van der Waals surface area contributed by atoms with Crippen LogP contribution in [0.25, 0.3) is 0 Å². The van der Waals surface area contributed by atoms with Crippen molar-refractivity contribution in [3.63, 3.8) is 0 Å². The molecule has 0 unspecified atom stereocenters. The highest BCUT2D eigenvalue weighted by molar-refractivity contribution is 7.99. The van der Waals surface area contributed by atoms with E-state index in [4.69, 9.17) is 0 Å². The molecule has 7 heteroatoms. The van der Waals surface area contributed by atoms with E-state index in [0.717, 1.165) is 16.8 Å². The fourth-order valence-electron chi connectivity index (χ4n) is 3.09. The Labute approximate surface area is 149 Å². The summed E-state index contributed by atoms with van der Waals surface area (Å²) >= 11 is 1.35. The number of carbonyl (C=O) groups is 1. The highest BCUT2D eigenvalue weighted by Crippen LogP contribution is 2.37. The van der Waals surface area contributed by atoms with Crippen molar-refractivity contribution >= 4 is 29.4 Å². The number of nitro benzene ring substituents is 1. The van der Waals surface area contributed by atoms with Crippen LogP contribution in [0.1, 0.15) is 28.4 Å². The second kappa shape index (κ2) is 7.23. The molecule has 2 aromatic rings. The molecule has 0 spiro atoms. The zero-order valence-corrected chi connectivity index (χ0v) is 14.5. The summed E-state index contributed by atoms with van der Waals surface area (Å²) in [4.78, 5) is 24.8. The van der Waals surface area contributed by atoms with Crippen molar-refractivity contribution in [2.24, 2.45) is 0 Å². The summed E-state index contributed by atoms with van der Waals surface area (Å²) in [5.74, 6) is 0.428. The van der Waals surface area contributed by atoms with E-state index < -0.39 is 4.92 Å². The number of carbonyl (C=O) groups excluding carboxylic acids is 1. The number of hydrogen-bond donors (Lipinski definition) is 0. The molecule has 0 atom stereocenters. The molecule has 5 nitrogen and oxygen atoms in total. The first-order chi connectivity index (χ1) is 12.0. The van der Waals surface area contributed by atoms with Gasteiger partial charge in [0.1, 0.15) is 5.82 Å². The lowest BCUT2D eigenvalue weighted by molar-refractivity contribution is -0.387. The second-order valence-electron chi connectivity index (χ2n) is 5.77. The smallest absolute Gasteiger partial charge is 0.293 e. The average Bonchev–Trinajstić information content (AvgIpc) is 2.60. The molecule has 1 heterocycles. The number of fused-ring (bicyclic) bond motifs is 1. The van der Waals surface area contributed by atoms with E-state index in [1.54, 1.807) is 24.3 Å². The van der Waals surface area contributed by atoms with Gasteiger partial charge in [-0.25, -0.2) is 4.39 Å². The quantitative estimate of drug-likeness (QED) is 0.346. The zero-order chi connectivity index (χ0) is 18.0. The Morgan fingerprint density at radius 1 is 1.32 bits per heavy atom. The first kappa shape index (κ1) is 17.4. The lowest BCUT2D eigenvalue weighted by Crippen LogP contribution is -2.30. The Hall–Kier alpha value is -2.41. The van der Waals surface area contributed by atoms with Crippen LogP contribution in [0.2, 0.25) is 0 Å². The number of benzene rings is 2. The summed E-state index contributed by atoms with van der Waals surface area (Å²) in [6, 6.07) is 8.10. The van der Waals surface area contributed by atoms with E-state index in [1.807, 2.05) is 6.92 Å². The monoisotopic (exact) mass is 360 g/mol. The molecule has 0 aromatic heterocycles. The lowest BCUT2D eigenvalue weighted by atomic mass is 9.99. The van der Waals surface area contributed by atoms with Gasteiger partial charge in [0.2, 0.25) is 0 Å². The number of nitrogens with zero attached hydrogens (tertiary/aromatic N) is 2. The summed E-state index contributed by atoms with van der Waals surface area (Å²) in [5, 5.41) is 11.3. The average molecular weight is 360 g/mol. The minimum absolute atomic E-state index is 0.0864. The Balaban J connectivity index is 2.00. The fraction of sp³-hybridized carbons (Fsp3) is 0.278. The van der Waals surface area contributed by atoms with Crippen molar-refractivity contribution in [2.75, 3.05) is 17.2 Å². The van der Waals surface area contributed by atoms with E-state index in [1.165, 1.54) is 17.8 Å². The molecular weight excluding hydrogens is 343 g/mol. The Bertz CT molecular complexity index is 841. The molecule has 0 saturated heterocycles. The molecule has 2 aromatic carbocycles. The minimum Gasteiger partial charge on any atom is -0.367 e. The first-order valence-corrected chi connectivity index (χ1v) is 8.94. The number of halogens is 1. The van der Waals surface area contributed by atoms with Crippen LogP contribution in [-0.2, 0) is 13.0 Å². The first-order valence-electron chi connectivity index (χ1n) is 7.96. The van der Waals surface area contributed by atoms with Gasteiger partial charge in [-0.2, -0.15) is 0 Å². The van der Waals surface area contributed by atoms with Crippen molar-refractivity contribution in [2.45, 2.75) is 24.8 Å². The molecule has 25 heavy (non-hydrogen) atoms. The lowest BCUT2D eigenvalue weighted by Gasteiger charge is -2.31. The Kier molecular flexibility index (Phi) is 5.03. The van der Waals surface area contributed by atoms with Crippen LogP contribution in [0, 0.1) is 15.9 Å². The predicted molar refractivity (Wildman–Crippen MR) is 96.0 cm³/mol. The maximum atomic E-state index is 13.4. The number of aldehydes is 1. The number of thioether (sulfide) groups is 1. The Morgan fingerprint density at radius 3 is 2.80 bits per heavy atom. The molecule has 0 fully saturated rings. The fourth-order valence-corrected chi connectivity index (χ4v) is 3.93. The molecule has 0 radical (unpaired) electrons. The standard InChI is InChI=1S/C18H17FN2O3S/c1-2-25-17-9-16(8-14(11-22)18(17)21(23)24)20-6-5-12-7-15(19)4-3-13(12)10-20/h3-4,7-9,11H,2,5-6,10H2,1H3. The topological polar surface area (TPSA) is 63.5 Å². The van der Waals surface area contributed by atoms with Gasteiger partial charge in [-0.3, -0.25) is 14.9 Å². The van der Waals surface area contributed by atoms with Gasteiger partial charge in [0.15, 0.2) is 6.29 Å². The van der Waals surface area contributed by atoms with E-state index in [0.29, 0.717) is 36.4 Å². The molecule has 0 bridgehead atoms. The van der Waals surface area contributed by atoms with Gasteiger partial charge >= 0.3 is 0 Å². The maximum Gasteiger partial charge on any atom is 0.293 e. The highest BCUT2D eigenvalue weighted by Gasteiger charge is 2.24. The number of anilines is 1. The largest absolute Gasteiger partial charge is 0.367 e. The van der Waals surface area contributed by atoms with E-state index in [-0.39, 0.29) is 17.1 Å². The molecule has 130 valence electrons. The molecule has 0 N–H and O–H groups in total. The summed E-state index contributed by atoms with van der Waals surface area (Å²) in [6.07, 6.45) is 1.23. The molecule has 0 amide bonds. The summed E-state index contributed by atoms with van der Waals surface area (Å²) in [5.41, 5.74) is 2.74. The molecule has 0 saturated carbocycles. The summed E-state index contributed by atoms with van der Waals surface area (Å²) in [6.45, 7) is 3.16. The van der Waals surface area contributed by atoms with Crippen LogP contribution in [0.4, 0.5) is 15.8 Å². The van der Waals surface area contributed by atoms with Gasteiger partial charge in [0, 0.05) is 18.8 Å². The van der Waals surface area contributed by atoms with Crippen LogP contribution in [0.3, 0.4) is 0 Å². The van der Waals surface area contributed by atoms with Crippen LogP contribution < -0.4 is 4.90 Å². The van der Waals surface area contributed by atoms with Gasteiger partial charge in [-0.15, -0.1) is 11.8 Å². The zero-order valence-electron chi connectivity index (χ0n) is 13.7. The molecular formula is C18H17FN2O3S. The molecule has 3 rings (SSSR count).